The zero-order valence-corrected chi connectivity index (χ0v) is 16.0. The fourth-order valence-corrected chi connectivity index (χ4v) is 3.00. The zero-order valence-electron chi connectivity index (χ0n) is 16.0. The van der Waals surface area contributed by atoms with Gasteiger partial charge < -0.3 is 20.3 Å². The van der Waals surface area contributed by atoms with Gasteiger partial charge in [-0.3, -0.25) is 4.79 Å². The molecule has 29 heavy (non-hydrogen) atoms. The third-order valence-electron chi connectivity index (χ3n) is 4.54. The molecule has 0 saturated heterocycles. The Balaban J connectivity index is 1.85. The first kappa shape index (κ1) is 20.5. The Kier molecular flexibility index (Phi) is 5.67. The summed E-state index contributed by atoms with van der Waals surface area (Å²) in [4.78, 5) is 19.3. The number of pyridine rings is 1. The van der Waals surface area contributed by atoms with Crippen LogP contribution in [0.25, 0.3) is 0 Å². The van der Waals surface area contributed by atoms with Gasteiger partial charge >= 0.3 is 6.18 Å². The summed E-state index contributed by atoms with van der Waals surface area (Å²) in [7, 11) is 0. The van der Waals surface area contributed by atoms with E-state index < -0.39 is 23.6 Å². The molecule has 0 radical (unpaired) electrons. The van der Waals surface area contributed by atoms with Gasteiger partial charge in [-0.05, 0) is 26.0 Å². The molecule has 1 unspecified atom stereocenters. The monoisotopic (exact) mass is 406 g/mol. The van der Waals surface area contributed by atoms with E-state index in [2.05, 4.69) is 15.6 Å². The van der Waals surface area contributed by atoms with Gasteiger partial charge in [0.1, 0.15) is 5.82 Å². The van der Waals surface area contributed by atoms with Crippen LogP contribution in [0.15, 0.2) is 60.6 Å². The van der Waals surface area contributed by atoms with Crippen LogP contribution in [0, 0.1) is 0 Å². The van der Waals surface area contributed by atoms with Crippen molar-refractivity contribution in [3.63, 3.8) is 0 Å². The van der Waals surface area contributed by atoms with Gasteiger partial charge in [-0.15, -0.1) is 0 Å². The van der Waals surface area contributed by atoms with Gasteiger partial charge in [0.15, 0.2) is 0 Å². The summed E-state index contributed by atoms with van der Waals surface area (Å²) in [5.74, 6) is -1.33. The number of rotatable bonds is 6. The minimum absolute atomic E-state index is 0.237. The van der Waals surface area contributed by atoms with Crippen molar-refractivity contribution in [1.29, 1.82) is 0 Å². The Hall–Kier alpha value is -3.23. The van der Waals surface area contributed by atoms with Gasteiger partial charge in [-0.2, -0.15) is 13.2 Å². The second-order valence-corrected chi connectivity index (χ2v) is 6.33. The molecule has 2 heterocycles. The Labute approximate surface area is 166 Å². The maximum atomic E-state index is 13.1. The minimum atomic E-state index is -4.73. The highest BCUT2D eigenvalue weighted by Gasteiger charge is 2.52. The molecular formula is C20H21F3N4O2. The number of alkyl halides is 3. The molecule has 1 aliphatic heterocycles. The largest absolute Gasteiger partial charge is 0.450 e. The van der Waals surface area contributed by atoms with Crippen LogP contribution in [0.1, 0.15) is 19.4 Å². The molecule has 1 aromatic carbocycles. The van der Waals surface area contributed by atoms with E-state index in [0.717, 1.165) is 18.9 Å². The van der Waals surface area contributed by atoms with Crippen molar-refractivity contribution in [2.75, 3.05) is 23.3 Å². The van der Waals surface area contributed by atoms with Crippen molar-refractivity contribution in [1.82, 2.24) is 10.3 Å². The van der Waals surface area contributed by atoms with Crippen molar-refractivity contribution in [2.45, 2.75) is 25.7 Å². The Bertz CT molecular complexity index is 881. The summed E-state index contributed by atoms with van der Waals surface area (Å²) in [5.41, 5.74) is -1.46. The van der Waals surface area contributed by atoms with E-state index in [1.165, 1.54) is 18.3 Å². The Morgan fingerprint density at radius 3 is 2.38 bits per heavy atom. The average Bonchev–Trinajstić information content (AvgIpc) is 3.18. The fraction of sp³-hybridized carbons (Fsp3) is 0.300. The van der Waals surface area contributed by atoms with Crippen molar-refractivity contribution in [2.24, 2.45) is 0 Å². The number of amides is 1. The molecule has 0 aliphatic carbocycles. The third kappa shape index (κ3) is 4.13. The smallest absolute Gasteiger partial charge is 0.448 e. The molecule has 154 valence electrons. The van der Waals surface area contributed by atoms with Crippen LogP contribution >= 0.6 is 0 Å². The number of carbonyl (C=O) groups excluding carboxylic acids is 1. The number of hydrogen-bond donors (Lipinski definition) is 2. The topological polar surface area (TPSA) is 66.5 Å². The minimum Gasteiger partial charge on any atom is -0.448 e. The molecular weight excluding hydrogens is 385 g/mol. The maximum absolute atomic E-state index is 13.1. The van der Waals surface area contributed by atoms with Gasteiger partial charge in [-0.1, -0.05) is 30.3 Å². The summed E-state index contributed by atoms with van der Waals surface area (Å²) in [5, 5.41) is 5.06. The highest BCUT2D eigenvalue weighted by molar-refractivity contribution is 5.98. The molecule has 3 rings (SSSR count). The SMILES string of the molecule is CCN(CC)c1ccc(NC(=O)C2(c3ccccc3)NC=C(C(F)(F)F)O2)cn1. The molecule has 2 N–H and O–H groups in total. The first-order valence-electron chi connectivity index (χ1n) is 9.12. The zero-order chi connectivity index (χ0) is 21.1. The predicted molar refractivity (Wildman–Crippen MR) is 103 cm³/mol. The number of nitrogens with one attached hydrogen (secondary N) is 2. The highest BCUT2D eigenvalue weighted by atomic mass is 19.4. The molecule has 0 spiro atoms. The van der Waals surface area contributed by atoms with Crippen LogP contribution in [0.5, 0.6) is 0 Å². The van der Waals surface area contributed by atoms with E-state index in [1.54, 1.807) is 30.3 Å². The van der Waals surface area contributed by atoms with Crippen LogP contribution in [-0.4, -0.2) is 30.2 Å². The molecule has 1 atom stereocenters. The number of nitrogens with zero attached hydrogens (tertiary/aromatic N) is 2. The summed E-state index contributed by atoms with van der Waals surface area (Å²) in [6.45, 7) is 5.55. The van der Waals surface area contributed by atoms with Gasteiger partial charge in [0.2, 0.25) is 5.76 Å². The summed E-state index contributed by atoms with van der Waals surface area (Å²) < 4.78 is 44.5. The van der Waals surface area contributed by atoms with Crippen LogP contribution in [0.2, 0.25) is 0 Å². The lowest BCUT2D eigenvalue weighted by molar-refractivity contribution is -0.162. The van der Waals surface area contributed by atoms with E-state index >= 15 is 0 Å². The van der Waals surface area contributed by atoms with Crippen molar-refractivity contribution < 1.29 is 22.7 Å². The predicted octanol–water partition coefficient (Wildman–Crippen LogP) is 3.74. The van der Waals surface area contributed by atoms with Crippen molar-refractivity contribution in [3.8, 4) is 0 Å². The second kappa shape index (κ2) is 8.02. The Morgan fingerprint density at radius 2 is 1.86 bits per heavy atom. The molecule has 0 fully saturated rings. The Morgan fingerprint density at radius 1 is 1.17 bits per heavy atom. The third-order valence-corrected chi connectivity index (χ3v) is 4.54. The molecule has 6 nitrogen and oxygen atoms in total. The molecule has 0 saturated carbocycles. The lowest BCUT2D eigenvalue weighted by Crippen LogP contribution is -2.49. The van der Waals surface area contributed by atoms with Gasteiger partial charge in [0.05, 0.1) is 11.9 Å². The summed E-state index contributed by atoms with van der Waals surface area (Å²) >= 11 is 0. The summed E-state index contributed by atoms with van der Waals surface area (Å²) in [6.07, 6.45) is -2.61. The first-order valence-corrected chi connectivity index (χ1v) is 9.12. The lowest BCUT2D eigenvalue weighted by atomic mass is 10.0. The van der Waals surface area contributed by atoms with E-state index in [-0.39, 0.29) is 5.56 Å². The first-order chi connectivity index (χ1) is 13.8. The van der Waals surface area contributed by atoms with Crippen molar-refractivity contribution in [3.05, 3.63) is 66.2 Å². The van der Waals surface area contributed by atoms with Gasteiger partial charge in [-0.25, -0.2) is 4.98 Å². The molecule has 9 heteroatoms. The fourth-order valence-electron chi connectivity index (χ4n) is 3.00. The van der Waals surface area contributed by atoms with Gasteiger partial charge in [0, 0.05) is 24.9 Å². The highest BCUT2D eigenvalue weighted by Crippen LogP contribution is 2.38. The molecule has 0 bridgehead atoms. The van der Waals surface area contributed by atoms with E-state index in [9.17, 15) is 18.0 Å². The number of carbonyl (C=O) groups is 1. The molecule has 2 aromatic rings. The van der Waals surface area contributed by atoms with Crippen molar-refractivity contribution >= 4 is 17.4 Å². The van der Waals surface area contributed by atoms with Crippen LogP contribution in [-0.2, 0) is 15.3 Å². The van der Waals surface area contributed by atoms with Gasteiger partial charge in [0.25, 0.3) is 11.6 Å². The van der Waals surface area contributed by atoms with E-state index in [0.29, 0.717) is 11.9 Å². The lowest BCUT2D eigenvalue weighted by Gasteiger charge is -2.29. The molecule has 1 aromatic heterocycles. The number of allylic oxidation sites excluding steroid dienone is 1. The number of benzene rings is 1. The summed E-state index contributed by atoms with van der Waals surface area (Å²) in [6, 6.07) is 11.3. The number of aromatic nitrogens is 1. The standard InChI is InChI=1S/C20H21F3N4O2/c1-3-27(4-2)17-11-10-15(12-24-17)26-18(28)19(14-8-6-5-7-9-14)25-13-16(29-19)20(21,22)23/h5-13,25H,3-4H2,1-2H3,(H,26,28). The van der Waals surface area contributed by atoms with E-state index in [4.69, 9.17) is 4.74 Å². The second-order valence-electron chi connectivity index (χ2n) is 6.33. The molecule has 1 aliphatic rings. The van der Waals surface area contributed by atoms with E-state index in [1.807, 2.05) is 18.7 Å². The normalized spacial score (nSPS) is 18.4. The quantitative estimate of drug-likeness (QED) is 0.765. The van der Waals surface area contributed by atoms with Crippen LogP contribution in [0.3, 0.4) is 0 Å². The number of halogens is 3. The van der Waals surface area contributed by atoms with Crippen LogP contribution in [0.4, 0.5) is 24.7 Å². The number of anilines is 2. The number of hydrogen-bond acceptors (Lipinski definition) is 5. The average molecular weight is 406 g/mol. The number of ether oxygens (including phenoxy) is 1. The maximum Gasteiger partial charge on any atom is 0.450 e. The van der Waals surface area contributed by atoms with Crippen LogP contribution < -0.4 is 15.5 Å². The molecule has 1 amide bonds.